The molecule has 1 aliphatic rings. The molecule has 0 radical (unpaired) electrons. The number of alkyl halides is 3. The summed E-state index contributed by atoms with van der Waals surface area (Å²) in [6, 6.07) is 2.87. The fraction of sp³-hybridized carbons (Fsp3) is 0.688. The zero-order valence-corrected chi connectivity index (χ0v) is 12.4. The van der Waals surface area contributed by atoms with Crippen molar-refractivity contribution in [2.75, 3.05) is 5.32 Å². The Morgan fingerprint density at radius 2 is 2.00 bits per heavy atom. The van der Waals surface area contributed by atoms with Gasteiger partial charge in [0.15, 0.2) is 0 Å². The van der Waals surface area contributed by atoms with Gasteiger partial charge in [-0.05, 0) is 37.3 Å². The molecule has 2 unspecified atom stereocenters. The van der Waals surface area contributed by atoms with Crippen LogP contribution in [0.3, 0.4) is 0 Å². The zero-order chi connectivity index (χ0) is 15.3. The molecule has 1 aromatic rings. The lowest BCUT2D eigenvalue weighted by atomic mass is 9.95. The van der Waals surface area contributed by atoms with Crippen LogP contribution < -0.4 is 5.32 Å². The van der Waals surface area contributed by atoms with Crippen LogP contribution in [0.25, 0.3) is 0 Å². The minimum absolute atomic E-state index is 0.352. The van der Waals surface area contributed by atoms with E-state index in [2.05, 4.69) is 17.2 Å². The predicted molar refractivity (Wildman–Crippen MR) is 78.1 cm³/mol. The van der Waals surface area contributed by atoms with Gasteiger partial charge in [-0.3, -0.25) is 0 Å². The molecular weight excluding hydrogens is 277 g/mol. The summed E-state index contributed by atoms with van der Waals surface area (Å²) in [6.45, 7) is 2.22. The molecular formula is C16H23F3N2. The van der Waals surface area contributed by atoms with Crippen molar-refractivity contribution < 1.29 is 13.2 Å². The third-order valence-electron chi connectivity index (χ3n) is 4.21. The molecule has 0 amide bonds. The van der Waals surface area contributed by atoms with Gasteiger partial charge in [0.1, 0.15) is 5.69 Å². The Balaban J connectivity index is 1.89. The number of anilines is 1. The Labute approximate surface area is 124 Å². The molecule has 2 rings (SSSR count). The van der Waals surface area contributed by atoms with E-state index in [1.807, 2.05) is 0 Å². The van der Waals surface area contributed by atoms with Crippen molar-refractivity contribution in [2.45, 2.75) is 64.1 Å². The molecule has 0 saturated heterocycles. The Kier molecular flexibility index (Phi) is 5.48. The highest BCUT2D eigenvalue weighted by Crippen LogP contribution is 2.30. The van der Waals surface area contributed by atoms with E-state index < -0.39 is 11.9 Å². The highest BCUT2D eigenvalue weighted by Gasteiger charge is 2.32. The van der Waals surface area contributed by atoms with E-state index in [0.29, 0.717) is 11.7 Å². The summed E-state index contributed by atoms with van der Waals surface area (Å²) in [6.07, 6.45) is 5.28. The summed E-state index contributed by atoms with van der Waals surface area (Å²) in [5, 5.41) is 3.33. The lowest BCUT2D eigenvalue weighted by molar-refractivity contribution is -0.141. The summed E-state index contributed by atoms with van der Waals surface area (Å²) in [5.74, 6) is 0.813. The molecule has 0 bridgehead atoms. The number of halogens is 3. The molecule has 5 heteroatoms. The summed E-state index contributed by atoms with van der Waals surface area (Å²) in [4.78, 5) is 3.50. The minimum atomic E-state index is -4.37. The first-order valence-corrected chi connectivity index (χ1v) is 7.79. The average molecular weight is 300 g/mol. The number of nitrogens with zero attached hydrogens (tertiary/aromatic N) is 1. The molecule has 1 N–H and O–H groups in total. The first-order chi connectivity index (χ1) is 9.99. The van der Waals surface area contributed by atoms with Crippen LogP contribution in [-0.2, 0) is 6.18 Å². The monoisotopic (exact) mass is 300 g/mol. The summed E-state index contributed by atoms with van der Waals surface area (Å²) < 4.78 is 37.4. The third-order valence-corrected chi connectivity index (χ3v) is 4.21. The zero-order valence-electron chi connectivity index (χ0n) is 12.4. The van der Waals surface area contributed by atoms with Crippen molar-refractivity contribution in [3.05, 3.63) is 24.0 Å². The van der Waals surface area contributed by atoms with E-state index in [1.54, 1.807) is 0 Å². The van der Waals surface area contributed by atoms with Crippen molar-refractivity contribution >= 4 is 5.69 Å². The number of rotatable bonds is 4. The topological polar surface area (TPSA) is 24.9 Å². The lowest BCUT2D eigenvalue weighted by Crippen LogP contribution is -2.19. The van der Waals surface area contributed by atoms with Crippen LogP contribution in [0.15, 0.2) is 18.3 Å². The number of pyridine rings is 1. The summed E-state index contributed by atoms with van der Waals surface area (Å²) in [7, 11) is 0. The molecule has 1 aliphatic carbocycles. The van der Waals surface area contributed by atoms with E-state index in [0.717, 1.165) is 24.8 Å². The molecule has 2 nitrogen and oxygen atoms in total. The maximum atomic E-state index is 12.5. The van der Waals surface area contributed by atoms with Gasteiger partial charge in [-0.15, -0.1) is 0 Å². The lowest BCUT2D eigenvalue weighted by Gasteiger charge is -2.18. The Bertz CT molecular complexity index is 428. The van der Waals surface area contributed by atoms with E-state index in [4.69, 9.17) is 0 Å². The maximum absolute atomic E-state index is 12.5. The van der Waals surface area contributed by atoms with Crippen LogP contribution in [0.1, 0.15) is 57.6 Å². The molecule has 1 heterocycles. The van der Waals surface area contributed by atoms with Crippen molar-refractivity contribution in [3.63, 3.8) is 0 Å². The van der Waals surface area contributed by atoms with Gasteiger partial charge in [-0.25, -0.2) is 4.98 Å². The highest BCUT2D eigenvalue weighted by atomic mass is 19.4. The quantitative estimate of drug-likeness (QED) is 0.767. The highest BCUT2D eigenvalue weighted by molar-refractivity contribution is 5.42. The molecule has 1 saturated carbocycles. The predicted octanol–water partition coefficient (Wildman–Crippen LogP) is 5.26. The van der Waals surface area contributed by atoms with E-state index in [1.165, 1.54) is 44.4 Å². The maximum Gasteiger partial charge on any atom is 0.433 e. The van der Waals surface area contributed by atoms with Crippen molar-refractivity contribution in [3.8, 4) is 0 Å². The van der Waals surface area contributed by atoms with Gasteiger partial charge >= 0.3 is 6.18 Å². The summed E-state index contributed by atoms with van der Waals surface area (Å²) in [5.41, 5.74) is -0.154. The van der Waals surface area contributed by atoms with Crippen LogP contribution in [0.2, 0.25) is 0 Å². The van der Waals surface area contributed by atoms with Gasteiger partial charge in [0.05, 0.1) is 11.9 Å². The van der Waals surface area contributed by atoms with Gasteiger partial charge in [-0.2, -0.15) is 13.2 Å². The average Bonchev–Trinajstić information content (AvgIpc) is 2.65. The first-order valence-electron chi connectivity index (χ1n) is 7.79. The minimum Gasteiger partial charge on any atom is -0.381 e. The Morgan fingerprint density at radius 3 is 2.62 bits per heavy atom. The first kappa shape index (κ1) is 16.1. The van der Waals surface area contributed by atoms with Crippen molar-refractivity contribution in [1.29, 1.82) is 0 Å². The second-order valence-corrected chi connectivity index (χ2v) is 5.93. The number of hydrogen-bond donors (Lipinski definition) is 1. The van der Waals surface area contributed by atoms with Crippen LogP contribution in [0, 0.1) is 5.92 Å². The van der Waals surface area contributed by atoms with Crippen molar-refractivity contribution in [2.24, 2.45) is 5.92 Å². The normalized spacial score (nSPS) is 23.6. The van der Waals surface area contributed by atoms with E-state index in [-0.39, 0.29) is 0 Å². The van der Waals surface area contributed by atoms with Crippen molar-refractivity contribution in [1.82, 2.24) is 4.98 Å². The number of hydrogen-bond acceptors (Lipinski definition) is 2. The van der Waals surface area contributed by atoms with Gasteiger partial charge in [0, 0.05) is 6.04 Å². The molecule has 1 fully saturated rings. The fourth-order valence-corrected chi connectivity index (χ4v) is 3.10. The molecule has 0 aromatic carbocycles. The van der Waals surface area contributed by atoms with Gasteiger partial charge in [0.2, 0.25) is 0 Å². The van der Waals surface area contributed by atoms with Crippen LogP contribution in [-0.4, -0.2) is 11.0 Å². The summed E-state index contributed by atoms with van der Waals surface area (Å²) >= 11 is 0. The SMILES string of the molecule is CCCC1CCCC(Nc2ccc(C(F)(F)F)nc2)CC1. The largest absolute Gasteiger partial charge is 0.433 e. The van der Waals surface area contributed by atoms with E-state index in [9.17, 15) is 13.2 Å². The molecule has 0 spiro atoms. The van der Waals surface area contributed by atoms with E-state index >= 15 is 0 Å². The molecule has 2 atom stereocenters. The van der Waals surface area contributed by atoms with Gasteiger partial charge in [0.25, 0.3) is 0 Å². The second kappa shape index (κ2) is 7.14. The fourth-order valence-electron chi connectivity index (χ4n) is 3.10. The molecule has 21 heavy (non-hydrogen) atoms. The smallest absolute Gasteiger partial charge is 0.381 e. The van der Waals surface area contributed by atoms with Crippen LogP contribution >= 0.6 is 0 Å². The van der Waals surface area contributed by atoms with Gasteiger partial charge in [-0.1, -0.05) is 32.6 Å². The molecule has 0 aliphatic heterocycles. The third kappa shape index (κ3) is 4.90. The number of nitrogens with one attached hydrogen (secondary N) is 1. The number of aromatic nitrogens is 1. The van der Waals surface area contributed by atoms with Crippen LogP contribution in [0.4, 0.5) is 18.9 Å². The molecule has 118 valence electrons. The van der Waals surface area contributed by atoms with Gasteiger partial charge < -0.3 is 5.32 Å². The molecule has 1 aromatic heterocycles. The Hall–Kier alpha value is -1.26. The standard InChI is InChI=1S/C16H23F3N2/c1-2-4-12-5-3-6-13(8-7-12)21-14-9-10-15(20-11-14)16(17,18)19/h9-13,21H,2-8H2,1H3. The van der Waals surface area contributed by atoms with Crippen LogP contribution in [0.5, 0.6) is 0 Å². The second-order valence-electron chi connectivity index (χ2n) is 5.93. The Morgan fingerprint density at radius 1 is 1.19 bits per heavy atom.